The monoisotopic (exact) mass is 500 g/mol. The molecule has 4 fully saturated rings. The predicted molar refractivity (Wildman–Crippen MR) is 132 cm³/mol. The first-order valence-corrected chi connectivity index (χ1v) is 13.6. The number of esters is 1. The largest absolute Gasteiger partial charge is 0.449 e. The van der Waals surface area contributed by atoms with E-state index in [2.05, 4.69) is 27.7 Å². The Hall–Kier alpha value is -1.73. The van der Waals surface area contributed by atoms with Crippen LogP contribution in [0.15, 0.2) is 23.8 Å². The van der Waals surface area contributed by atoms with Crippen LogP contribution in [-0.2, 0) is 28.7 Å². The molecule has 190 valence electrons. The lowest BCUT2D eigenvalue weighted by molar-refractivity contribution is -0.196. The quantitative estimate of drug-likeness (QED) is 0.406. The Kier molecular flexibility index (Phi) is 5.28. The number of thioether (sulfide) groups is 1. The van der Waals surface area contributed by atoms with Crippen LogP contribution < -0.4 is 0 Å². The molecule has 0 aromatic carbocycles. The fourth-order valence-corrected chi connectivity index (χ4v) is 9.89. The van der Waals surface area contributed by atoms with Crippen molar-refractivity contribution in [3.63, 3.8) is 0 Å². The Labute approximate surface area is 211 Å². The number of ether oxygens (including phenoxy) is 2. The number of allylic oxidation sites excluding steroid dienone is 2. The Morgan fingerprint density at radius 2 is 1.86 bits per heavy atom. The lowest BCUT2D eigenvalue weighted by Gasteiger charge is -2.61. The Balaban J connectivity index is 1.67. The van der Waals surface area contributed by atoms with Crippen LogP contribution in [0, 0.1) is 34.0 Å². The fourth-order valence-electron chi connectivity index (χ4n) is 9.01. The van der Waals surface area contributed by atoms with E-state index in [1.165, 1.54) is 6.92 Å². The molecule has 35 heavy (non-hydrogen) atoms. The molecule has 0 amide bonds. The fraction of sp³-hybridized carbons (Fsp3) is 0.714. The van der Waals surface area contributed by atoms with Gasteiger partial charge in [-0.05, 0) is 67.4 Å². The molecular weight excluding hydrogens is 464 g/mol. The van der Waals surface area contributed by atoms with Crippen molar-refractivity contribution in [2.45, 2.75) is 91.5 Å². The number of rotatable bonds is 3. The minimum absolute atomic E-state index is 0.0232. The van der Waals surface area contributed by atoms with Crippen LogP contribution in [0.1, 0.15) is 74.1 Å². The van der Waals surface area contributed by atoms with Gasteiger partial charge in [-0.25, -0.2) is 0 Å². The van der Waals surface area contributed by atoms with Gasteiger partial charge in [0.05, 0.1) is 6.10 Å². The number of carbonyl (C=O) groups is 4. The maximum Gasteiger partial charge on any atom is 0.306 e. The average molecular weight is 501 g/mol. The van der Waals surface area contributed by atoms with Crippen LogP contribution in [0.3, 0.4) is 0 Å². The van der Waals surface area contributed by atoms with Gasteiger partial charge in [0.2, 0.25) is 5.12 Å². The van der Waals surface area contributed by atoms with Gasteiger partial charge in [0.25, 0.3) is 0 Å². The highest BCUT2D eigenvalue weighted by Gasteiger charge is 2.86. The van der Waals surface area contributed by atoms with E-state index in [9.17, 15) is 19.2 Å². The van der Waals surface area contributed by atoms with Gasteiger partial charge in [0.1, 0.15) is 5.60 Å². The van der Waals surface area contributed by atoms with E-state index in [4.69, 9.17) is 9.47 Å². The average Bonchev–Trinajstić information content (AvgIpc) is 3.45. The lowest BCUT2D eigenvalue weighted by atomic mass is 9.41. The highest BCUT2D eigenvalue weighted by molar-refractivity contribution is 8.26. The molecule has 4 aliphatic carbocycles. The van der Waals surface area contributed by atoms with Gasteiger partial charge in [0, 0.05) is 30.1 Å². The molecule has 1 saturated heterocycles. The van der Waals surface area contributed by atoms with Crippen LogP contribution in [-0.4, -0.2) is 39.3 Å². The molecule has 1 aliphatic heterocycles. The third kappa shape index (κ3) is 2.77. The molecule has 7 heteroatoms. The third-order valence-corrected chi connectivity index (χ3v) is 11.4. The van der Waals surface area contributed by atoms with Gasteiger partial charge in [-0.15, -0.1) is 0 Å². The zero-order chi connectivity index (χ0) is 25.8. The molecule has 0 radical (unpaired) electrons. The van der Waals surface area contributed by atoms with Gasteiger partial charge < -0.3 is 9.47 Å². The van der Waals surface area contributed by atoms with Crippen LogP contribution in [0.5, 0.6) is 0 Å². The molecule has 9 atom stereocenters. The number of fused-ring (bicyclic) bond motifs is 3. The summed E-state index contributed by atoms with van der Waals surface area (Å²) in [5.74, 6) is -0.357. The smallest absolute Gasteiger partial charge is 0.306 e. The summed E-state index contributed by atoms with van der Waals surface area (Å²) in [6, 6.07) is 0. The van der Waals surface area contributed by atoms with Gasteiger partial charge in [-0.1, -0.05) is 46.3 Å². The number of hydrogen-bond donors (Lipinski definition) is 0. The Bertz CT molecular complexity index is 1110. The minimum atomic E-state index is -1.40. The maximum atomic E-state index is 13.9. The summed E-state index contributed by atoms with van der Waals surface area (Å²) >= 11 is 0.667. The summed E-state index contributed by atoms with van der Waals surface area (Å²) in [6.45, 7) is 13.8. The molecule has 1 spiro atoms. The molecule has 1 heterocycles. The minimum Gasteiger partial charge on any atom is -0.449 e. The van der Waals surface area contributed by atoms with Crippen LogP contribution in [0.25, 0.3) is 0 Å². The number of epoxide rings is 1. The van der Waals surface area contributed by atoms with Crippen molar-refractivity contribution < 1.29 is 28.7 Å². The first-order chi connectivity index (χ1) is 16.2. The van der Waals surface area contributed by atoms with E-state index in [0.29, 0.717) is 24.6 Å². The van der Waals surface area contributed by atoms with Gasteiger partial charge in [0.15, 0.2) is 16.5 Å². The van der Waals surface area contributed by atoms with Gasteiger partial charge in [-0.2, -0.15) is 0 Å². The second-order valence-corrected chi connectivity index (χ2v) is 13.3. The maximum absolute atomic E-state index is 13.9. The number of hydrogen-bond acceptors (Lipinski definition) is 7. The highest BCUT2D eigenvalue weighted by Crippen LogP contribution is 2.81. The van der Waals surface area contributed by atoms with E-state index in [1.807, 2.05) is 13.0 Å². The van der Waals surface area contributed by atoms with Crippen molar-refractivity contribution >= 4 is 33.7 Å². The summed E-state index contributed by atoms with van der Waals surface area (Å²) in [5, 5.41) is -0.665. The van der Waals surface area contributed by atoms with Crippen molar-refractivity contribution in [1.82, 2.24) is 0 Å². The van der Waals surface area contributed by atoms with Crippen LogP contribution >= 0.6 is 11.8 Å². The molecule has 0 bridgehead atoms. The second kappa shape index (κ2) is 7.41. The van der Waals surface area contributed by atoms with Crippen molar-refractivity contribution in [2.24, 2.45) is 34.0 Å². The van der Waals surface area contributed by atoms with Crippen LogP contribution in [0.4, 0.5) is 0 Å². The van der Waals surface area contributed by atoms with Crippen molar-refractivity contribution in [1.29, 1.82) is 0 Å². The zero-order valence-electron chi connectivity index (χ0n) is 21.7. The molecule has 6 nitrogen and oxygen atoms in total. The second-order valence-electron chi connectivity index (χ2n) is 12.1. The first kappa shape index (κ1) is 24.9. The zero-order valence-corrected chi connectivity index (χ0v) is 22.5. The van der Waals surface area contributed by atoms with E-state index in [-0.39, 0.29) is 51.7 Å². The van der Waals surface area contributed by atoms with Gasteiger partial charge in [-0.3, -0.25) is 19.2 Å². The molecule has 5 rings (SSSR count). The van der Waals surface area contributed by atoms with E-state index in [0.717, 1.165) is 12.0 Å². The molecule has 3 saturated carbocycles. The molecule has 5 aliphatic rings. The summed E-state index contributed by atoms with van der Waals surface area (Å²) in [5.41, 5.74) is -2.19. The summed E-state index contributed by atoms with van der Waals surface area (Å²) in [7, 11) is 0. The van der Waals surface area contributed by atoms with E-state index in [1.54, 1.807) is 19.1 Å². The normalized spacial score (nSPS) is 49.2. The molecule has 0 aromatic heterocycles. The molecule has 1 unspecified atom stereocenters. The van der Waals surface area contributed by atoms with E-state index < -0.39 is 28.0 Å². The summed E-state index contributed by atoms with van der Waals surface area (Å²) < 4.78 is 12.9. The Morgan fingerprint density at radius 3 is 2.49 bits per heavy atom. The molecule has 0 aromatic rings. The SMILES string of the molecule is CCC(=O)O[C@]1(C(=O)SC(C)=O)[C@H](C)C[C@@]2(C)C3C[C@H](C)C4=CC(=O)C=C[C@]4(C)[C@@]34O[C@H]4C[C@@]21C. The van der Waals surface area contributed by atoms with Crippen molar-refractivity contribution in [3.05, 3.63) is 23.8 Å². The third-order valence-electron chi connectivity index (χ3n) is 10.7. The number of ketones is 1. The molecule has 0 N–H and O–H groups in total. The molecular formula is C28H36O6S. The standard InChI is InChI=1S/C28H36O6S/c1-8-22(31)34-27(23(32)35-17(4)29)16(3)13-25(6)20-11-15(2)19-12-18(30)9-10-24(19,5)28(20)21(33-28)14-26(25,27)7/h9-10,12,15-16,20-21H,8,11,13-14H2,1-7H3/t15-,16+,20?,21-,24-,25-,26-,27-,28+/m0/s1. The summed E-state index contributed by atoms with van der Waals surface area (Å²) in [6.07, 6.45) is 7.63. The number of carbonyl (C=O) groups excluding carboxylic acids is 4. The van der Waals surface area contributed by atoms with Crippen molar-refractivity contribution in [3.8, 4) is 0 Å². The first-order valence-electron chi connectivity index (χ1n) is 12.8. The van der Waals surface area contributed by atoms with Crippen LogP contribution in [0.2, 0.25) is 0 Å². The van der Waals surface area contributed by atoms with Gasteiger partial charge >= 0.3 is 5.97 Å². The topological polar surface area (TPSA) is 90.0 Å². The van der Waals surface area contributed by atoms with E-state index >= 15 is 0 Å². The lowest BCUT2D eigenvalue weighted by Crippen LogP contribution is -2.66. The Morgan fingerprint density at radius 1 is 1.17 bits per heavy atom. The highest BCUT2D eigenvalue weighted by atomic mass is 32.2. The summed E-state index contributed by atoms with van der Waals surface area (Å²) in [4.78, 5) is 51.0. The predicted octanol–water partition coefficient (Wildman–Crippen LogP) is 4.81. The van der Waals surface area contributed by atoms with Crippen molar-refractivity contribution in [2.75, 3.05) is 0 Å².